The molecule has 0 aliphatic carbocycles. The van der Waals surface area contributed by atoms with Gasteiger partial charge in [0.15, 0.2) is 17.5 Å². The predicted molar refractivity (Wildman–Crippen MR) is 145 cm³/mol. The number of methoxy groups -OCH3 is 2. The molecular formula is C25H38IN3O4. The Morgan fingerprint density at radius 3 is 2.45 bits per heavy atom. The van der Waals surface area contributed by atoms with E-state index in [1.165, 1.54) is 5.56 Å². The molecule has 0 saturated heterocycles. The van der Waals surface area contributed by atoms with Crippen molar-refractivity contribution >= 4 is 29.9 Å². The van der Waals surface area contributed by atoms with E-state index < -0.39 is 0 Å². The molecule has 2 aromatic carbocycles. The van der Waals surface area contributed by atoms with Crippen molar-refractivity contribution in [2.45, 2.75) is 33.2 Å². The lowest BCUT2D eigenvalue weighted by Crippen LogP contribution is -2.37. The molecule has 0 aliphatic rings. The smallest absolute Gasteiger partial charge is 0.191 e. The van der Waals surface area contributed by atoms with Crippen molar-refractivity contribution in [2.75, 3.05) is 47.6 Å². The van der Waals surface area contributed by atoms with Gasteiger partial charge in [-0.05, 0) is 56.0 Å². The molecule has 0 aromatic heterocycles. The van der Waals surface area contributed by atoms with Crippen molar-refractivity contribution < 1.29 is 18.9 Å². The Bertz CT molecular complexity index is 862. The minimum atomic E-state index is 0. The van der Waals surface area contributed by atoms with Crippen LogP contribution >= 0.6 is 24.0 Å². The maximum absolute atomic E-state index is 5.87. The zero-order chi connectivity index (χ0) is 23.2. The summed E-state index contributed by atoms with van der Waals surface area (Å²) in [5, 5.41) is 6.74. The average Bonchev–Trinajstić information content (AvgIpc) is 2.80. The summed E-state index contributed by atoms with van der Waals surface area (Å²) in [6, 6.07) is 12.3. The van der Waals surface area contributed by atoms with Gasteiger partial charge in [-0.25, -0.2) is 0 Å². The molecule has 0 fully saturated rings. The summed E-state index contributed by atoms with van der Waals surface area (Å²) in [6.45, 7) is 7.16. The number of guanidine groups is 1. The summed E-state index contributed by atoms with van der Waals surface area (Å²) < 4.78 is 22.0. The van der Waals surface area contributed by atoms with E-state index in [9.17, 15) is 0 Å². The summed E-state index contributed by atoms with van der Waals surface area (Å²) in [5.41, 5.74) is 3.46. The van der Waals surface area contributed by atoms with Crippen LogP contribution in [0, 0.1) is 6.92 Å². The van der Waals surface area contributed by atoms with Crippen LogP contribution in [-0.4, -0.2) is 53.6 Å². The molecule has 184 valence electrons. The van der Waals surface area contributed by atoms with Gasteiger partial charge in [0.1, 0.15) is 12.4 Å². The SMILES string of the molecule is CCOc1cc(CCCNC(=NC)NCc2ccc(C)cc2OCCOC)ccc1OC.I. The first-order chi connectivity index (χ1) is 15.6. The number of rotatable bonds is 13. The summed E-state index contributed by atoms with van der Waals surface area (Å²) in [6.07, 6.45) is 1.90. The molecule has 8 heteroatoms. The third-order valence-electron chi connectivity index (χ3n) is 4.90. The van der Waals surface area contributed by atoms with E-state index in [-0.39, 0.29) is 24.0 Å². The fraction of sp³-hybridized carbons (Fsp3) is 0.480. The molecule has 0 spiro atoms. The number of benzene rings is 2. The predicted octanol–water partition coefficient (Wildman–Crippen LogP) is 4.34. The largest absolute Gasteiger partial charge is 0.493 e. The van der Waals surface area contributed by atoms with Gasteiger partial charge in [-0.15, -0.1) is 24.0 Å². The molecule has 0 amide bonds. The number of ether oxygens (including phenoxy) is 4. The van der Waals surface area contributed by atoms with Gasteiger partial charge in [-0.3, -0.25) is 4.99 Å². The van der Waals surface area contributed by atoms with E-state index in [0.29, 0.717) is 26.4 Å². The Kier molecular flexibility index (Phi) is 14.3. The van der Waals surface area contributed by atoms with Crippen LogP contribution in [0.25, 0.3) is 0 Å². The molecule has 0 radical (unpaired) electrons. The average molecular weight is 572 g/mol. The van der Waals surface area contributed by atoms with Gasteiger partial charge >= 0.3 is 0 Å². The van der Waals surface area contributed by atoms with Gasteiger partial charge in [0.05, 0.1) is 20.3 Å². The molecule has 0 unspecified atom stereocenters. The van der Waals surface area contributed by atoms with Gasteiger partial charge in [0, 0.05) is 32.8 Å². The molecule has 2 N–H and O–H groups in total. The minimum absolute atomic E-state index is 0. The lowest BCUT2D eigenvalue weighted by molar-refractivity contribution is 0.145. The third-order valence-corrected chi connectivity index (χ3v) is 4.90. The highest BCUT2D eigenvalue weighted by Crippen LogP contribution is 2.28. The highest BCUT2D eigenvalue weighted by Gasteiger charge is 2.07. The molecule has 2 rings (SSSR count). The molecule has 0 heterocycles. The Morgan fingerprint density at radius 2 is 1.76 bits per heavy atom. The second-order valence-corrected chi connectivity index (χ2v) is 7.33. The van der Waals surface area contributed by atoms with Crippen LogP contribution in [-0.2, 0) is 17.7 Å². The number of hydrogen-bond acceptors (Lipinski definition) is 5. The lowest BCUT2D eigenvalue weighted by atomic mass is 10.1. The van der Waals surface area contributed by atoms with Gasteiger partial charge in [0.2, 0.25) is 0 Å². The Labute approximate surface area is 215 Å². The monoisotopic (exact) mass is 571 g/mol. The molecule has 0 bridgehead atoms. The Balaban J connectivity index is 0.00000544. The number of halogens is 1. The normalized spacial score (nSPS) is 10.9. The van der Waals surface area contributed by atoms with E-state index >= 15 is 0 Å². The summed E-state index contributed by atoms with van der Waals surface area (Å²) >= 11 is 0. The third kappa shape index (κ3) is 10.1. The maximum atomic E-state index is 5.87. The Hall–Kier alpha value is -2.20. The van der Waals surface area contributed by atoms with Gasteiger partial charge in [-0.1, -0.05) is 18.2 Å². The van der Waals surface area contributed by atoms with Crippen LogP contribution in [0.4, 0.5) is 0 Å². The standard InChI is InChI=1S/C25H37N3O4.HI/c1-6-31-24-17-20(10-12-22(24)30-5)8-7-13-27-25(26-3)28-18-21-11-9-19(2)16-23(21)32-15-14-29-4;/h9-12,16-17H,6-8,13-15,18H2,1-5H3,(H2,26,27,28);1H. The zero-order valence-corrected chi connectivity index (χ0v) is 22.7. The first kappa shape index (κ1) is 28.8. The number of nitrogens with zero attached hydrogens (tertiary/aromatic N) is 1. The topological polar surface area (TPSA) is 73.3 Å². The van der Waals surface area contributed by atoms with Crippen molar-refractivity contribution in [3.8, 4) is 17.2 Å². The maximum Gasteiger partial charge on any atom is 0.191 e. The fourth-order valence-electron chi connectivity index (χ4n) is 3.22. The van der Waals surface area contributed by atoms with E-state index in [0.717, 1.165) is 53.7 Å². The zero-order valence-electron chi connectivity index (χ0n) is 20.4. The highest BCUT2D eigenvalue weighted by molar-refractivity contribution is 14.0. The van der Waals surface area contributed by atoms with Crippen molar-refractivity contribution in [1.82, 2.24) is 10.6 Å². The summed E-state index contributed by atoms with van der Waals surface area (Å²) in [7, 11) is 5.11. The number of nitrogens with one attached hydrogen (secondary N) is 2. The van der Waals surface area contributed by atoms with Crippen LogP contribution in [0.1, 0.15) is 30.0 Å². The minimum Gasteiger partial charge on any atom is -0.493 e. The summed E-state index contributed by atoms with van der Waals surface area (Å²) in [4.78, 5) is 4.33. The van der Waals surface area contributed by atoms with E-state index in [1.54, 1.807) is 21.3 Å². The van der Waals surface area contributed by atoms with E-state index in [1.807, 2.05) is 19.1 Å². The van der Waals surface area contributed by atoms with Crippen molar-refractivity contribution in [2.24, 2.45) is 4.99 Å². The first-order valence-electron chi connectivity index (χ1n) is 11.1. The Morgan fingerprint density at radius 1 is 0.939 bits per heavy atom. The van der Waals surface area contributed by atoms with Crippen molar-refractivity contribution in [3.63, 3.8) is 0 Å². The van der Waals surface area contributed by atoms with Crippen LogP contribution in [0.2, 0.25) is 0 Å². The van der Waals surface area contributed by atoms with Crippen LogP contribution < -0.4 is 24.8 Å². The van der Waals surface area contributed by atoms with E-state index in [4.69, 9.17) is 18.9 Å². The van der Waals surface area contributed by atoms with Crippen LogP contribution in [0.5, 0.6) is 17.2 Å². The fourth-order valence-corrected chi connectivity index (χ4v) is 3.22. The van der Waals surface area contributed by atoms with Gasteiger partial charge in [0.25, 0.3) is 0 Å². The lowest BCUT2D eigenvalue weighted by Gasteiger charge is -2.15. The summed E-state index contributed by atoms with van der Waals surface area (Å²) in [5.74, 6) is 3.19. The quantitative estimate of drug-likeness (QED) is 0.161. The van der Waals surface area contributed by atoms with Gasteiger partial charge < -0.3 is 29.6 Å². The molecule has 0 aliphatic heterocycles. The second-order valence-electron chi connectivity index (χ2n) is 7.33. The number of aliphatic imine (C=N–C) groups is 1. The second kappa shape index (κ2) is 16.4. The molecule has 0 atom stereocenters. The van der Waals surface area contributed by atoms with Crippen molar-refractivity contribution in [1.29, 1.82) is 0 Å². The van der Waals surface area contributed by atoms with Gasteiger partial charge in [-0.2, -0.15) is 0 Å². The molecular weight excluding hydrogens is 533 g/mol. The van der Waals surface area contributed by atoms with Crippen LogP contribution in [0.15, 0.2) is 41.4 Å². The van der Waals surface area contributed by atoms with Crippen LogP contribution in [0.3, 0.4) is 0 Å². The molecule has 33 heavy (non-hydrogen) atoms. The molecule has 0 saturated carbocycles. The van der Waals surface area contributed by atoms with Crippen molar-refractivity contribution in [3.05, 3.63) is 53.1 Å². The number of aryl methyl sites for hydroxylation is 2. The molecule has 2 aromatic rings. The number of hydrogen-bond donors (Lipinski definition) is 2. The first-order valence-corrected chi connectivity index (χ1v) is 11.1. The van der Waals surface area contributed by atoms with E-state index in [2.05, 4.69) is 46.8 Å². The highest BCUT2D eigenvalue weighted by atomic mass is 127. The molecule has 7 nitrogen and oxygen atoms in total.